The highest BCUT2D eigenvalue weighted by molar-refractivity contribution is 5.67. The van der Waals surface area contributed by atoms with Gasteiger partial charge >= 0.3 is 6.18 Å². The van der Waals surface area contributed by atoms with Crippen molar-refractivity contribution in [1.29, 1.82) is 0 Å². The van der Waals surface area contributed by atoms with Crippen molar-refractivity contribution in [3.63, 3.8) is 0 Å². The van der Waals surface area contributed by atoms with E-state index in [1.54, 1.807) is 0 Å². The van der Waals surface area contributed by atoms with Gasteiger partial charge in [0.25, 0.3) is 0 Å². The number of nitrogen functional groups attached to an aromatic ring is 1. The maximum absolute atomic E-state index is 12.7. The molecular weight excluding hydrogens is 267 g/mol. The van der Waals surface area contributed by atoms with E-state index in [2.05, 4.69) is 11.9 Å². The molecule has 3 nitrogen and oxygen atoms in total. The summed E-state index contributed by atoms with van der Waals surface area (Å²) in [6.07, 6.45) is -0.328. The first kappa shape index (κ1) is 16.6. The fraction of sp³-hybridized carbons (Fsp3) is 0.643. The van der Waals surface area contributed by atoms with Crippen molar-refractivity contribution in [1.82, 2.24) is 4.98 Å². The second-order valence-corrected chi connectivity index (χ2v) is 5.12. The average Bonchev–Trinajstić information content (AvgIpc) is 2.34. The van der Waals surface area contributed by atoms with Crippen LogP contribution in [0.3, 0.4) is 0 Å². The summed E-state index contributed by atoms with van der Waals surface area (Å²) in [6.45, 7) is 6.66. The van der Waals surface area contributed by atoms with Crippen LogP contribution in [-0.4, -0.2) is 17.6 Å². The molecule has 0 fully saturated rings. The summed E-state index contributed by atoms with van der Waals surface area (Å²) in [6, 6.07) is 1.12. The van der Waals surface area contributed by atoms with E-state index < -0.39 is 11.9 Å². The molecule has 0 bridgehead atoms. The van der Waals surface area contributed by atoms with Gasteiger partial charge in [0, 0.05) is 12.6 Å². The summed E-state index contributed by atoms with van der Waals surface area (Å²) >= 11 is 0. The van der Waals surface area contributed by atoms with Gasteiger partial charge in [-0.05, 0) is 26.3 Å². The number of halogens is 3. The minimum atomic E-state index is -4.45. The number of unbranched alkanes of at least 4 members (excludes halogenated alkanes) is 2. The number of hydrogen-bond donors (Lipinski definition) is 1. The Labute approximate surface area is 118 Å². The molecule has 0 saturated carbocycles. The van der Waals surface area contributed by atoms with Crippen molar-refractivity contribution in [2.75, 3.05) is 17.2 Å². The molecule has 0 aliphatic carbocycles. The van der Waals surface area contributed by atoms with E-state index in [1.165, 1.54) is 0 Å². The van der Waals surface area contributed by atoms with Crippen molar-refractivity contribution < 1.29 is 13.2 Å². The van der Waals surface area contributed by atoms with Gasteiger partial charge in [-0.15, -0.1) is 0 Å². The number of aromatic nitrogens is 1. The Kier molecular flexibility index (Phi) is 5.65. The smallest absolute Gasteiger partial charge is 0.396 e. The number of nitrogens with two attached hydrogens (primary N) is 1. The Balaban J connectivity index is 3.06. The van der Waals surface area contributed by atoms with Crippen molar-refractivity contribution in [2.24, 2.45) is 0 Å². The number of nitrogens with zero attached hydrogens (tertiary/aromatic N) is 2. The van der Waals surface area contributed by atoms with Crippen LogP contribution in [0, 0.1) is 0 Å². The van der Waals surface area contributed by atoms with Crippen molar-refractivity contribution in [3.05, 3.63) is 18.0 Å². The summed E-state index contributed by atoms with van der Waals surface area (Å²) in [4.78, 5) is 5.28. The molecule has 0 aliphatic heterocycles. The van der Waals surface area contributed by atoms with Crippen molar-refractivity contribution in [2.45, 2.75) is 52.3 Å². The molecule has 0 saturated heterocycles. The lowest BCUT2D eigenvalue weighted by Gasteiger charge is -2.30. The highest BCUT2D eigenvalue weighted by Crippen LogP contribution is 2.33. The van der Waals surface area contributed by atoms with Crippen LogP contribution in [-0.2, 0) is 6.18 Å². The fourth-order valence-electron chi connectivity index (χ4n) is 2.05. The van der Waals surface area contributed by atoms with Gasteiger partial charge in [-0.2, -0.15) is 13.2 Å². The minimum Gasteiger partial charge on any atom is -0.396 e. The average molecular weight is 289 g/mol. The second-order valence-electron chi connectivity index (χ2n) is 5.12. The lowest BCUT2D eigenvalue weighted by molar-refractivity contribution is -0.141. The molecule has 1 aromatic heterocycles. The third-order valence-corrected chi connectivity index (χ3v) is 3.14. The van der Waals surface area contributed by atoms with Crippen LogP contribution in [0.15, 0.2) is 12.3 Å². The lowest BCUT2D eigenvalue weighted by Crippen LogP contribution is -2.32. The van der Waals surface area contributed by atoms with Crippen LogP contribution >= 0.6 is 0 Å². The van der Waals surface area contributed by atoms with E-state index in [-0.39, 0.29) is 11.7 Å². The van der Waals surface area contributed by atoms with Crippen LogP contribution in [0.5, 0.6) is 0 Å². The highest BCUT2D eigenvalue weighted by Gasteiger charge is 2.33. The van der Waals surface area contributed by atoms with Gasteiger partial charge in [0.15, 0.2) is 0 Å². The zero-order valence-corrected chi connectivity index (χ0v) is 12.2. The van der Waals surface area contributed by atoms with Gasteiger partial charge in [-0.3, -0.25) is 0 Å². The Hall–Kier alpha value is -1.46. The number of rotatable bonds is 6. The summed E-state index contributed by atoms with van der Waals surface area (Å²) in [5, 5.41) is 0. The molecule has 0 spiro atoms. The van der Waals surface area contributed by atoms with E-state index in [4.69, 9.17) is 5.73 Å². The first-order valence-electron chi connectivity index (χ1n) is 6.86. The standard InChI is InChI=1S/C14H22F3N3/c1-4-5-6-7-20(10(2)3)12-8-13(14(15,16)17)19-9-11(12)18/h8-10H,4-7,18H2,1-3H3. The Morgan fingerprint density at radius 2 is 1.95 bits per heavy atom. The number of alkyl halides is 3. The van der Waals surface area contributed by atoms with Gasteiger partial charge in [0.1, 0.15) is 5.69 Å². The van der Waals surface area contributed by atoms with Crippen LogP contribution < -0.4 is 10.6 Å². The quantitative estimate of drug-likeness (QED) is 0.802. The molecule has 0 atom stereocenters. The third-order valence-electron chi connectivity index (χ3n) is 3.14. The summed E-state index contributed by atoms with van der Waals surface area (Å²) < 4.78 is 38.2. The molecule has 6 heteroatoms. The normalized spacial score (nSPS) is 11.9. The number of anilines is 2. The van der Waals surface area contributed by atoms with E-state index in [0.717, 1.165) is 31.5 Å². The molecule has 20 heavy (non-hydrogen) atoms. The summed E-state index contributed by atoms with van der Waals surface area (Å²) in [5.41, 5.74) is 5.60. The summed E-state index contributed by atoms with van der Waals surface area (Å²) in [5.74, 6) is 0. The van der Waals surface area contributed by atoms with Crippen molar-refractivity contribution in [3.8, 4) is 0 Å². The van der Waals surface area contributed by atoms with Gasteiger partial charge in [-0.1, -0.05) is 19.8 Å². The maximum atomic E-state index is 12.7. The first-order chi connectivity index (χ1) is 9.27. The zero-order valence-electron chi connectivity index (χ0n) is 12.2. The topological polar surface area (TPSA) is 42.2 Å². The maximum Gasteiger partial charge on any atom is 0.433 e. The molecular formula is C14H22F3N3. The number of hydrogen-bond acceptors (Lipinski definition) is 3. The van der Waals surface area contributed by atoms with E-state index in [0.29, 0.717) is 12.2 Å². The zero-order chi connectivity index (χ0) is 15.3. The van der Waals surface area contributed by atoms with Gasteiger partial charge in [0.05, 0.1) is 17.6 Å². The van der Waals surface area contributed by atoms with E-state index >= 15 is 0 Å². The molecule has 1 heterocycles. The van der Waals surface area contributed by atoms with Gasteiger partial charge in [-0.25, -0.2) is 4.98 Å². The molecule has 0 unspecified atom stereocenters. The van der Waals surface area contributed by atoms with Crippen LogP contribution in [0.4, 0.5) is 24.5 Å². The van der Waals surface area contributed by atoms with E-state index in [9.17, 15) is 13.2 Å². The van der Waals surface area contributed by atoms with Crippen LogP contribution in [0.1, 0.15) is 45.7 Å². The molecule has 0 radical (unpaired) electrons. The van der Waals surface area contributed by atoms with Crippen LogP contribution in [0.25, 0.3) is 0 Å². The van der Waals surface area contributed by atoms with E-state index in [1.807, 2.05) is 18.7 Å². The first-order valence-corrected chi connectivity index (χ1v) is 6.86. The molecule has 114 valence electrons. The predicted molar refractivity (Wildman–Crippen MR) is 75.7 cm³/mol. The van der Waals surface area contributed by atoms with Crippen molar-refractivity contribution >= 4 is 11.4 Å². The highest BCUT2D eigenvalue weighted by atomic mass is 19.4. The third kappa shape index (κ3) is 4.28. The molecule has 0 aliphatic rings. The molecule has 1 rings (SSSR count). The second kappa shape index (κ2) is 6.81. The molecule has 0 aromatic carbocycles. The summed E-state index contributed by atoms with van der Waals surface area (Å²) in [7, 11) is 0. The SMILES string of the molecule is CCCCCN(c1cc(C(F)(F)F)ncc1N)C(C)C. The molecule has 1 aromatic rings. The minimum absolute atomic E-state index is 0.0811. The number of pyridine rings is 1. The Morgan fingerprint density at radius 3 is 2.45 bits per heavy atom. The lowest BCUT2D eigenvalue weighted by atomic mass is 10.1. The molecule has 2 N–H and O–H groups in total. The van der Waals surface area contributed by atoms with Gasteiger partial charge in [0.2, 0.25) is 0 Å². The fourth-order valence-corrected chi connectivity index (χ4v) is 2.05. The Morgan fingerprint density at radius 1 is 1.30 bits per heavy atom. The monoisotopic (exact) mass is 289 g/mol. The predicted octanol–water partition coefficient (Wildman–Crippen LogP) is 4.09. The largest absolute Gasteiger partial charge is 0.433 e. The molecule has 0 amide bonds. The Bertz CT molecular complexity index is 430. The van der Waals surface area contributed by atoms with Gasteiger partial charge < -0.3 is 10.6 Å². The van der Waals surface area contributed by atoms with Crippen LogP contribution in [0.2, 0.25) is 0 Å².